The maximum absolute atomic E-state index is 11.3. The standard InChI is InChI=1S/C10H9N3O2/c1-6-3-8(4-14)10-9(7(2)15)11-5-12-13(6)10/h3-5H,1-2H3. The maximum atomic E-state index is 11.3. The SMILES string of the molecule is CC(=O)c1ncnn2c(C)cc(C=O)c12. The molecule has 0 aliphatic rings. The molecule has 2 aromatic rings. The van der Waals surface area contributed by atoms with Gasteiger partial charge in [0.1, 0.15) is 17.5 Å². The summed E-state index contributed by atoms with van der Waals surface area (Å²) in [5.41, 5.74) is 2.01. The van der Waals surface area contributed by atoms with Crippen LogP contribution in [0.15, 0.2) is 12.4 Å². The smallest absolute Gasteiger partial charge is 0.180 e. The van der Waals surface area contributed by atoms with E-state index in [4.69, 9.17) is 0 Å². The summed E-state index contributed by atoms with van der Waals surface area (Å²) in [6.45, 7) is 3.23. The van der Waals surface area contributed by atoms with E-state index >= 15 is 0 Å². The van der Waals surface area contributed by atoms with Crippen LogP contribution in [0.5, 0.6) is 0 Å². The van der Waals surface area contributed by atoms with Crippen LogP contribution in [0.4, 0.5) is 0 Å². The Morgan fingerprint density at radius 3 is 2.87 bits per heavy atom. The van der Waals surface area contributed by atoms with Gasteiger partial charge < -0.3 is 0 Å². The van der Waals surface area contributed by atoms with Crippen molar-refractivity contribution in [3.05, 3.63) is 29.3 Å². The van der Waals surface area contributed by atoms with Crippen molar-refractivity contribution in [1.29, 1.82) is 0 Å². The summed E-state index contributed by atoms with van der Waals surface area (Å²) in [5, 5.41) is 3.99. The molecule has 5 nitrogen and oxygen atoms in total. The van der Waals surface area contributed by atoms with Crippen molar-refractivity contribution < 1.29 is 9.59 Å². The third kappa shape index (κ3) is 1.32. The molecule has 2 aromatic heterocycles. The zero-order valence-corrected chi connectivity index (χ0v) is 8.39. The highest BCUT2D eigenvalue weighted by Gasteiger charge is 2.14. The van der Waals surface area contributed by atoms with Gasteiger partial charge in [0, 0.05) is 18.2 Å². The quantitative estimate of drug-likeness (QED) is 0.540. The highest BCUT2D eigenvalue weighted by Crippen LogP contribution is 2.16. The number of nitrogens with zero attached hydrogens (tertiary/aromatic N) is 3. The van der Waals surface area contributed by atoms with Gasteiger partial charge in [-0.25, -0.2) is 9.50 Å². The normalized spacial score (nSPS) is 10.5. The summed E-state index contributed by atoms with van der Waals surface area (Å²) in [6.07, 6.45) is 2.02. The van der Waals surface area contributed by atoms with Crippen molar-refractivity contribution in [3.8, 4) is 0 Å². The van der Waals surface area contributed by atoms with Crippen LogP contribution in [0.3, 0.4) is 0 Å². The second-order valence-electron chi connectivity index (χ2n) is 3.28. The average molecular weight is 203 g/mol. The average Bonchev–Trinajstić information content (AvgIpc) is 2.55. The first kappa shape index (κ1) is 9.51. The number of aromatic nitrogens is 3. The molecule has 0 saturated carbocycles. The van der Waals surface area contributed by atoms with Crippen LogP contribution >= 0.6 is 0 Å². The molecule has 0 amide bonds. The number of carbonyl (C=O) groups excluding carboxylic acids is 2. The lowest BCUT2D eigenvalue weighted by atomic mass is 10.2. The summed E-state index contributed by atoms with van der Waals surface area (Å²) >= 11 is 0. The van der Waals surface area contributed by atoms with Crippen molar-refractivity contribution in [2.24, 2.45) is 0 Å². The number of fused-ring (bicyclic) bond motifs is 1. The minimum absolute atomic E-state index is 0.177. The Hall–Kier alpha value is -2.04. The predicted octanol–water partition coefficient (Wildman–Crippen LogP) is 1.05. The largest absolute Gasteiger partial charge is 0.298 e. The van der Waals surface area contributed by atoms with Gasteiger partial charge in [0.25, 0.3) is 0 Å². The number of aldehydes is 1. The first-order valence-electron chi connectivity index (χ1n) is 4.44. The Morgan fingerprint density at radius 2 is 2.27 bits per heavy atom. The Balaban J connectivity index is 2.94. The summed E-state index contributed by atoms with van der Waals surface area (Å²) < 4.78 is 1.55. The zero-order valence-electron chi connectivity index (χ0n) is 8.39. The molecule has 0 bridgehead atoms. The molecule has 2 heterocycles. The molecule has 0 aliphatic carbocycles. The predicted molar refractivity (Wildman–Crippen MR) is 53.1 cm³/mol. The molecule has 76 valence electrons. The van der Waals surface area contributed by atoms with E-state index in [2.05, 4.69) is 10.1 Å². The van der Waals surface area contributed by atoms with E-state index in [9.17, 15) is 9.59 Å². The third-order valence-electron chi connectivity index (χ3n) is 2.22. The lowest BCUT2D eigenvalue weighted by Gasteiger charge is -2.00. The number of aryl methyl sites for hydroxylation is 1. The van der Waals surface area contributed by atoms with E-state index in [0.717, 1.165) is 5.69 Å². The van der Waals surface area contributed by atoms with Gasteiger partial charge in [-0.05, 0) is 13.0 Å². The molecule has 0 spiro atoms. The number of rotatable bonds is 2. The lowest BCUT2D eigenvalue weighted by Crippen LogP contribution is -2.05. The second kappa shape index (κ2) is 3.27. The number of Topliss-reactive ketones (excluding diaryl/α,β-unsaturated/α-hetero) is 1. The molecule has 0 N–H and O–H groups in total. The first-order chi connectivity index (χ1) is 7.15. The zero-order chi connectivity index (χ0) is 11.0. The second-order valence-corrected chi connectivity index (χ2v) is 3.28. The molecule has 0 unspecified atom stereocenters. The maximum Gasteiger partial charge on any atom is 0.180 e. The van der Waals surface area contributed by atoms with Gasteiger partial charge in [0.15, 0.2) is 12.1 Å². The van der Waals surface area contributed by atoms with Crippen LogP contribution < -0.4 is 0 Å². The van der Waals surface area contributed by atoms with Crippen molar-refractivity contribution in [1.82, 2.24) is 14.6 Å². The minimum Gasteiger partial charge on any atom is -0.298 e. The fourth-order valence-corrected chi connectivity index (χ4v) is 1.58. The number of hydrogen-bond donors (Lipinski definition) is 0. The van der Waals surface area contributed by atoms with Gasteiger partial charge >= 0.3 is 0 Å². The molecule has 0 saturated heterocycles. The molecule has 15 heavy (non-hydrogen) atoms. The van der Waals surface area contributed by atoms with Crippen LogP contribution in [0.2, 0.25) is 0 Å². The van der Waals surface area contributed by atoms with Crippen molar-refractivity contribution in [2.45, 2.75) is 13.8 Å². The van der Waals surface area contributed by atoms with E-state index in [1.807, 2.05) is 6.92 Å². The van der Waals surface area contributed by atoms with Gasteiger partial charge in [-0.3, -0.25) is 9.59 Å². The van der Waals surface area contributed by atoms with Gasteiger partial charge in [0.05, 0.1) is 0 Å². The summed E-state index contributed by atoms with van der Waals surface area (Å²) in [6, 6.07) is 1.68. The first-order valence-corrected chi connectivity index (χ1v) is 4.44. The molecule has 2 rings (SSSR count). The number of carbonyl (C=O) groups is 2. The molecule has 0 radical (unpaired) electrons. The Kier molecular flexibility index (Phi) is 2.07. The highest BCUT2D eigenvalue weighted by atomic mass is 16.1. The molecule has 0 aliphatic heterocycles. The summed E-state index contributed by atoms with van der Waals surface area (Å²) in [5.74, 6) is -0.177. The monoisotopic (exact) mass is 203 g/mol. The van der Waals surface area contributed by atoms with Crippen LogP contribution in [-0.2, 0) is 0 Å². The van der Waals surface area contributed by atoms with Crippen LogP contribution in [0.1, 0.15) is 33.5 Å². The highest BCUT2D eigenvalue weighted by molar-refractivity contribution is 6.03. The Labute approximate surface area is 85.7 Å². The van der Waals surface area contributed by atoms with Gasteiger partial charge in [-0.15, -0.1) is 0 Å². The fourth-order valence-electron chi connectivity index (χ4n) is 1.58. The van der Waals surface area contributed by atoms with Crippen LogP contribution in [-0.4, -0.2) is 26.7 Å². The third-order valence-corrected chi connectivity index (χ3v) is 2.22. The topological polar surface area (TPSA) is 64.3 Å². The molecular formula is C10H9N3O2. The van der Waals surface area contributed by atoms with E-state index in [-0.39, 0.29) is 11.5 Å². The molecular weight excluding hydrogens is 194 g/mol. The Morgan fingerprint density at radius 1 is 1.53 bits per heavy atom. The van der Waals surface area contributed by atoms with Crippen molar-refractivity contribution in [3.63, 3.8) is 0 Å². The summed E-state index contributed by atoms with van der Waals surface area (Å²) in [4.78, 5) is 26.0. The lowest BCUT2D eigenvalue weighted by molar-refractivity contribution is 0.101. The fraction of sp³-hybridized carbons (Fsp3) is 0.200. The minimum atomic E-state index is -0.177. The van der Waals surface area contributed by atoms with Crippen molar-refractivity contribution in [2.75, 3.05) is 0 Å². The summed E-state index contributed by atoms with van der Waals surface area (Å²) in [7, 11) is 0. The Bertz CT molecular complexity index is 557. The molecule has 0 aromatic carbocycles. The van der Waals surface area contributed by atoms with Crippen molar-refractivity contribution >= 4 is 17.6 Å². The number of hydrogen-bond acceptors (Lipinski definition) is 4. The van der Waals surface area contributed by atoms with E-state index in [1.165, 1.54) is 13.3 Å². The van der Waals surface area contributed by atoms with Gasteiger partial charge in [-0.2, -0.15) is 5.10 Å². The van der Waals surface area contributed by atoms with E-state index < -0.39 is 0 Å². The number of ketones is 1. The van der Waals surface area contributed by atoms with E-state index in [1.54, 1.807) is 10.6 Å². The molecule has 0 atom stereocenters. The van der Waals surface area contributed by atoms with E-state index in [0.29, 0.717) is 17.4 Å². The van der Waals surface area contributed by atoms with Gasteiger partial charge in [-0.1, -0.05) is 0 Å². The van der Waals surface area contributed by atoms with Gasteiger partial charge in [0.2, 0.25) is 0 Å². The molecule has 0 fully saturated rings. The van der Waals surface area contributed by atoms with Crippen LogP contribution in [0, 0.1) is 6.92 Å². The van der Waals surface area contributed by atoms with Crippen LogP contribution in [0.25, 0.3) is 5.52 Å². The molecule has 5 heteroatoms.